The van der Waals surface area contributed by atoms with Gasteiger partial charge in [-0.3, -0.25) is 10.1 Å². The van der Waals surface area contributed by atoms with Gasteiger partial charge in [-0.1, -0.05) is 18.2 Å². The molecule has 144 valence electrons. The van der Waals surface area contributed by atoms with Gasteiger partial charge in [0.05, 0.1) is 22.5 Å². The van der Waals surface area contributed by atoms with Crippen molar-refractivity contribution in [1.29, 1.82) is 0 Å². The Morgan fingerprint density at radius 2 is 1.96 bits per heavy atom. The predicted octanol–water partition coefficient (Wildman–Crippen LogP) is 3.92. The van der Waals surface area contributed by atoms with E-state index in [1.807, 2.05) is 18.2 Å². The van der Waals surface area contributed by atoms with Crippen molar-refractivity contribution in [2.75, 3.05) is 11.9 Å². The molecule has 7 nitrogen and oxygen atoms in total. The molecule has 10 heteroatoms. The fraction of sp³-hybridized carbons (Fsp3) is 0.294. The first-order chi connectivity index (χ1) is 12.8. The van der Waals surface area contributed by atoms with Crippen LogP contribution in [0.25, 0.3) is 0 Å². The highest BCUT2D eigenvalue weighted by Crippen LogP contribution is 2.37. The second-order valence-corrected chi connectivity index (χ2v) is 7.88. The number of nitrogens with one attached hydrogen (secondary N) is 1. The molecule has 0 spiro atoms. The molecule has 0 saturated heterocycles. The Kier molecular flexibility index (Phi) is 5.26. The lowest BCUT2D eigenvalue weighted by Gasteiger charge is -2.19. The fourth-order valence-electron chi connectivity index (χ4n) is 2.93. The lowest BCUT2D eigenvalue weighted by molar-refractivity contribution is -0.384. The van der Waals surface area contributed by atoms with Gasteiger partial charge in [0.15, 0.2) is 0 Å². The van der Waals surface area contributed by atoms with Crippen LogP contribution in [-0.4, -0.2) is 25.7 Å². The molecular weight excluding hydrogens is 382 g/mol. The summed E-state index contributed by atoms with van der Waals surface area (Å²) >= 11 is 0. The molecule has 2 aromatic carbocycles. The van der Waals surface area contributed by atoms with Gasteiger partial charge in [0.2, 0.25) is 9.84 Å². The van der Waals surface area contributed by atoms with Crippen molar-refractivity contribution in [3.8, 4) is 5.75 Å². The minimum absolute atomic E-state index is 0.0509. The molecule has 0 bridgehead atoms. The van der Waals surface area contributed by atoms with E-state index in [4.69, 9.17) is 4.74 Å². The van der Waals surface area contributed by atoms with Crippen LogP contribution in [0.5, 0.6) is 5.75 Å². The molecule has 27 heavy (non-hydrogen) atoms. The molecule has 1 aliphatic rings. The number of halogens is 2. The van der Waals surface area contributed by atoms with Crippen LogP contribution in [0.2, 0.25) is 0 Å². The maximum atomic E-state index is 12.7. The van der Waals surface area contributed by atoms with Gasteiger partial charge in [0.1, 0.15) is 11.4 Å². The average molecular weight is 398 g/mol. The number of ether oxygens (including phenoxy) is 1. The number of fused-ring (bicyclic) bond motifs is 1. The van der Waals surface area contributed by atoms with Crippen LogP contribution < -0.4 is 10.1 Å². The van der Waals surface area contributed by atoms with Crippen LogP contribution in [-0.2, 0) is 9.84 Å². The van der Waals surface area contributed by atoms with E-state index in [-0.39, 0.29) is 11.7 Å². The smallest absolute Gasteiger partial charge is 0.341 e. The SMILES string of the molecule is O=[N+]([O-])c1cc(S(=O)(=O)C(F)F)ccc1NC1CCCOc2ccccc21. The first-order valence-corrected chi connectivity index (χ1v) is 9.64. The van der Waals surface area contributed by atoms with Crippen molar-refractivity contribution in [2.24, 2.45) is 0 Å². The van der Waals surface area contributed by atoms with E-state index in [2.05, 4.69) is 5.32 Å². The van der Waals surface area contributed by atoms with Crippen LogP contribution in [0.3, 0.4) is 0 Å². The summed E-state index contributed by atoms with van der Waals surface area (Å²) in [5.74, 6) is -2.99. The summed E-state index contributed by atoms with van der Waals surface area (Å²) in [7, 11) is -4.92. The van der Waals surface area contributed by atoms with Gasteiger partial charge in [-0.05, 0) is 31.0 Å². The van der Waals surface area contributed by atoms with Gasteiger partial charge in [0.25, 0.3) is 5.69 Å². The number of benzene rings is 2. The Morgan fingerprint density at radius 1 is 1.22 bits per heavy atom. The molecule has 3 rings (SSSR count). The zero-order valence-corrected chi connectivity index (χ0v) is 14.8. The fourth-order valence-corrected chi connectivity index (χ4v) is 3.67. The molecular formula is C17H16F2N2O5S. The van der Waals surface area contributed by atoms with Gasteiger partial charge in [-0.2, -0.15) is 8.78 Å². The van der Waals surface area contributed by atoms with Gasteiger partial charge in [-0.15, -0.1) is 0 Å². The predicted molar refractivity (Wildman–Crippen MR) is 93.8 cm³/mol. The third-order valence-corrected chi connectivity index (χ3v) is 5.63. The largest absolute Gasteiger partial charge is 0.493 e. The normalized spacial score (nSPS) is 16.9. The number of nitrogens with zero attached hydrogens (tertiary/aromatic N) is 1. The topological polar surface area (TPSA) is 98.5 Å². The van der Waals surface area contributed by atoms with Crippen LogP contribution >= 0.6 is 0 Å². The van der Waals surface area contributed by atoms with E-state index in [0.717, 1.165) is 17.7 Å². The molecule has 0 aromatic heterocycles. The quantitative estimate of drug-likeness (QED) is 0.606. The minimum atomic E-state index is -4.92. The van der Waals surface area contributed by atoms with Crippen LogP contribution in [0.4, 0.5) is 20.2 Å². The zero-order chi connectivity index (χ0) is 19.6. The second-order valence-electron chi connectivity index (χ2n) is 5.97. The van der Waals surface area contributed by atoms with Crippen molar-refractivity contribution >= 4 is 21.2 Å². The summed E-state index contributed by atoms with van der Waals surface area (Å²) in [6.45, 7) is 0.503. The number of nitro benzene ring substituents is 1. The summed E-state index contributed by atoms with van der Waals surface area (Å²) in [6.07, 6.45) is 1.34. The lowest BCUT2D eigenvalue weighted by Crippen LogP contribution is -2.14. The zero-order valence-electron chi connectivity index (χ0n) is 14.0. The summed E-state index contributed by atoms with van der Waals surface area (Å²) in [6, 6.07) is 9.69. The maximum Gasteiger partial charge on any atom is 0.341 e. The molecule has 1 aliphatic heterocycles. The van der Waals surface area contributed by atoms with Crippen molar-refractivity contribution in [3.63, 3.8) is 0 Å². The summed E-state index contributed by atoms with van der Waals surface area (Å²) < 4.78 is 54.3. The average Bonchev–Trinajstić information content (AvgIpc) is 2.84. The lowest BCUT2D eigenvalue weighted by atomic mass is 10.0. The number of rotatable bonds is 5. The molecule has 2 aromatic rings. The number of hydrogen-bond donors (Lipinski definition) is 1. The molecule has 0 radical (unpaired) electrons. The number of anilines is 1. The van der Waals surface area contributed by atoms with Crippen LogP contribution in [0, 0.1) is 10.1 Å². The van der Waals surface area contributed by atoms with Crippen LogP contribution in [0.15, 0.2) is 47.4 Å². The third-order valence-electron chi connectivity index (χ3n) is 4.25. The number of alkyl halides is 2. The Balaban J connectivity index is 1.99. The summed E-state index contributed by atoms with van der Waals surface area (Å²) in [5, 5.41) is 14.4. The number of nitro groups is 1. The van der Waals surface area contributed by atoms with Gasteiger partial charge >= 0.3 is 5.76 Å². The Morgan fingerprint density at radius 3 is 2.67 bits per heavy atom. The van der Waals surface area contributed by atoms with Crippen molar-refractivity contribution in [3.05, 3.63) is 58.1 Å². The highest BCUT2D eigenvalue weighted by Gasteiger charge is 2.30. The third kappa shape index (κ3) is 3.85. The van der Waals surface area contributed by atoms with E-state index in [9.17, 15) is 27.3 Å². The van der Waals surface area contributed by atoms with E-state index in [1.54, 1.807) is 6.07 Å². The molecule has 0 amide bonds. The number of hydrogen-bond acceptors (Lipinski definition) is 6. The number of sulfone groups is 1. The Labute approximate surface area is 154 Å². The van der Waals surface area contributed by atoms with E-state index >= 15 is 0 Å². The highest BCUT2D eigenvalue weighted by atomic mass is 32.2. The highest BCUT2D eigenvalue weighted by molar-refractivity contribution is 7.91. The van der Waals surface area contributed by atoms with Crippen LogP contribution in [0.1, 0.15) is 24.4 Å². The summed E-state index contributed by atoms with van der Waals surface area (Å²) in [5.41, 5.74) is 0.280. The van der Waals surface area contributed by atoms with Crippen molar-refractivity contribution in [1.82, 2.24) is 0 Å². The van der Waals surface area contributed by atoms with Crippen molar-refractivity contribution < 1.29 is 26.9 Å². The standard InChI is InChI=1S/C17H16F2N2O5S/c18-17(19)27(24,25)11-7-8-14(15(10-11)21(22)23)20-13-5-3-9-26-16-6-2-1-4-12(13)16/h1-2,4,6-8,10,13,17,20H,3,5,9H2. The molecule has 1 N–H and O–H groups in total. The monoisotopic (exact) mass is 398 g/mol. The molecule has 0 aliphatic carbocycles. The van der Waals surface area contributed by atoms with Gasteiger partial charge in [-0.25, -0.2) is 8.42 Å². The van der Waals surface area contributed by atoms with E-state index in [1.165, 1.54) is 0 Å². The van der Waals surface area contributed by atoms with Gasteiger partial charge < -0.3 is 10.1 Å². The maximum absolute atomic E-state index is 12.7. The first-order valence-electron chi connectivity index (χ1n) is 8.09. The second kappa shape index (κ2) is 7.47. The van der Waals surface area contributed by atoms with E-state index in [0.29, 0.717) is 31.3 Å². The molecule has 1 heterocycles. The molecule has 0 saturated carbocycles. The number of para-hydroxylation sites is 1. The summed E-state index contributed by atoms with van der Waals surface area (Å²) in [4.78, 5) is 9.79. The minimum Gasteiger partial charge on any atom is -0.493 e. The Hall–Kier alpha value is -2.75. The van der Waals surface area contributed by atoms with Gasteiger partial charge in [0, 0.05) is 11.6 Å². The van der Waals surface area contributed by atoms with Crippen molar-refractivity contribution in [2.45, 2.75) is 29.5 Å². The molecule has 1 unspecified atom stereocenters. The Bertz CT molecular complexity index is 966. The first kappa shape index (κ1) is 19.0. The van der Waals surface area contributed by atoms with E-state index < -0.39 is 31.1 Å². The molecule has 0 fully saturated rings. The molecule has 1 atom stereocenters.